The number of ether oxygens (including phenoxy) is 2. The molecule has 2 aromatic rings. The maximum atomic E-state index is 12.4. The summed E-state index contributed by atoms with van der Waals surface area (Å²) < 4.78 is 11.2. The fourth-order valence-corrected chi connectivity index (χ4v) is 2.64. The highest BCUT2D eigenvalue weighted by Gasteiger charge is 2.44. The summed E-state index contributed by atoms with van der Waals surface area (Å²) in [4.78, 5) is 28.4. The van der Waals surface area contributed by atoms with Crippen LogP contribution in [0.2, 0.25) is 0 Å². The largest absolute Gasteiger partial charge is 0.435 e. The summed E-state index contributed by atoms with van der Waals surface area (Å²) in [6.45, 7) is 1.68. The Kier molecular flexibility index (Phi) is 4.56. The molecule has 0 saturated heterocycles. The lowest BCUT2D eigenvalue weighted by Gasteiger charge is -2.28. The van der Waals surface area contributed by atoms with Gasteiger partial charge in [-0.2, -0.15) is 0 Å². The van der Waals surface area contributed by atoms with Crippen molar-refractivity contribution < 1.29 is 19.1 Å². The average molecular weight is 341 g/mol. The lowest BCUT2D eigenvalue weighted by atomic mass is 10.1. The fourth-order valence-electron chi connectivity index (χ4n) is 2.64. The van der Waals surface area contributed by atoms with E-state index >= 15 is 0 Å². The number of carbonyl (C=O) groups is 2. The first-order chi connectivity index (χ1) is 12.0. The van der Waals surface area contributed by atoms with Crippen LogP contribution in [0.5, 0.6) is 5.75 Å². The van der Waals surface area contributed by atoms with Gasteiger partial charge in [0.25, 0.3) is 0 Å². The Balaban J connectivity index is 1.77. The predicted octanol–water partition coefficient (Wildman–Crippen LogP) is 1.56. The van der Waals surface area contributed by atoms with Crippen LogP contribution in [0.3, 0.4) is 0 Å². The van der Waals surface area contributed by atoms with E-state index in [4.69, 9.17) is 15.2 Å². The van der Waals surface area contributed by atoms with Crippen molar-refractivity contribution in [3.05, 3.63) is 53.7 Å². The molecule has 130 valence electrons. The van der Waals surface area contributed by atoms with Crippen molar-refractivity contribution in [2.45, 2.75) is 32.1 Å². The first-order valence-corrected chi connectivity index (χ1v) is 8.01. The number of anilines is 1. The van der Waals surface area contributed by atoms with Crippen LogP contribution in [0.25, 0.3) is 0 Å². The lowest BCUT2D eigenvalue weighted by molar-refractivity contribution is -0.203. The second-order valence-electron chi connectivity index (χ2n) is 5.75. The number of aromatic nitrogens is 1. The molecule has 0 radical (unpaired) electrons. The number of rotatable bonds is 5. The van der Waals surface area contributed by atoms with Crippen molar-refractivity contribution in [3.63, 3.8) is 0 Å². The summed E-state index contributed by atoms with van der Waals surface area (Å²) in [5.74, 6) is -1.46. The van der Waals surface area contributed by atoms with Crippen molar-refractivity contribution in [2.24, 2.45) is 0 Å². The van der Waals surface area contributed by atoms with Gasteiger partial charge in [0.2, 0.25) is 5.91 Å². The van der Waals surface area contributed by atoms with Gasteiger partial charge in [-0.3, -0.25) is 14.9 Å². The third kappa shape index (κ3) is 3.88. The van der Waals surface area contributed by atoms with Gasteiger partial charge in [0.05, 0.1) is 18.5 Å². The van der Waals surface area contributed by atoms with Crippen LogP contribution >= 0.6 is 0 Å². The topological polar surface area (TPSA) is 104 Å². The zero-order valence-corrected chi connectivity index (χ0v) is 13.8. The van der Waals surface area contributed by atoms with Crippen LogP contribution in [-0.2, 0) is 27.2 Å². The van der Waals surface area contributed by atoms with Crippen LogP contribution < -0.4 is 15.8 Å². The Hall–Kier alpha value is -3.09. The monoisotopic (exact) mass is 341 g/mol. The highest BCUT2D eigenvalue weighted by Crippen LogP contribution is 2.34. The van der Waals surface area contributed by atoms with Crippen molar-refractivity contribution in [1.82, 2.24) is 10.3 Å². The van der Waals surface area contributed by atoms with Gasteiger partial charge < -0.3 is 15.2 Å². The maximum Gasteiger partial charge on any atom is 0.344 e. The number of para-hydroxylation sites is 1. The Morgan fingerprint density at radius 1 is 1.28 bits per heavy atom. The molecule has 7 heteroatoms. The third-order valence-electron chi connectivity index (χ3n) is 3.74. The quantitative estimate of drug-likeness (QED) is 0.632. The summed E-state index contributed by atoms with van der Waals surface area (Å²) in [5.41, 5.74) is 7.00. The summed E-state index contributed by atoms with van der Waals surface area (Å²) in [5, 5.41) is 2.69. The van der Waals surface area contributed by atoms with Crippen molar-refractivity contribution >= 4 is 17.7 Å². The highest BCUT2D eigenvalue weighted by atomic mass is 16.7. The third-order valence-corrected chi connectivity index (χ3v) is 3.74. The number of carbonyl (C=O) groups excluding carboxylic acids is 2. The number of amides is 1. The molecule has 0 spiro atoms. The number of pyridine rings is 1. The van der Waals surface area contributed by atoms with Crippen LogP contribution in [0.4, 0.5) is 5.82 Å². The number of nitrogens with two attached hydrogens (primary N) is 1. The summed E-state index contributed by atoms with van der Waals surface area (Å²) in [6, 6.07) is 12.4. The molecular weight excluding hydrogens is 322 g/mol. The number of hydrogen-bond acceptors (Lipinski definition) is 6. The molecule has 1 atom stereocenters. The van der Waals surface area contributed by atoms with E-state index in [0.717, 1.165) is 5.56 Å². The second kappa shape index (κ2) is 6.80. The van der Waals surface area contributed by atoms with Gasteiger partial charge in [-0.25, -0.2) is 4.98 Å². The summed E-state index contributed by atoms with van der Waals surface area (Å²) in [6.07, 6.45) is 0.412. The molecule has 2 heterocycles. The molecule has 3 N–H and O–H groups in total. The van der Waals surface area contributed by atoms with E-state index in [2.05, 4.69) is 10.3 Å². The number of esters is 1. The zero-order valence-electron chi connectivity index (χ0n) is 13.8. The molecule has 1 unspecified atom stereocenters. The number of fused-ring (bicyclic) bond motifs is 1. The number of hydrogen-bond donors (Lipinski definition) is 2. The minimum Gasteiger partial charge on any atom is -0.435 e. The molecule has 0 saturated carbocycles. The molecule has 1 aliphatic heterocycles. The highest BCUT2D eigenvalue weighted by molar-refractivity contribution is 5.79. The molecule has 1 aromatic carbocycles. The van der Waals surface area contributed by atoms with E-state index in [1.165, 1.54) is 0 Å². The van der Waals surface area contributed by atoms with Gasteiger partial charge >= 0.3 is 11.9 Å². The molecule has 1 aliphatic rings. The van der Waals surface area contributed by atoms with E-state index in [9.17, 15) is 9.59 Å². The molecule has 0 fully saturated rings. The van der Waals surface area contributed by atoms with Gasteiger partial charge in [0, 0.05) is 12.0 Å². The normalized spacial score (nSPS) is 18.1. The fraction of sp³-hybridized carbons (Fsp3) is 0.278. The van der Waals surface area contributed by atoms with Gasteiger partial charge in [-0.1, -0.05) is 31.2 Å². The number of benzene rings is 1. The van der Waals surface area contributed by atoms with Crippen molar-refractivity contribution in [2.75, 3.05) is 5.73 Å². The molecule has 0 bridgehead atoms. The van der Waals surface area contributed by atoms with E-state index in [-0.39, 0.29) is 25.2 Å². The van der Waals surface area contributed by atoms with E-state index < -0.39 is 11.9 Å². The predicted molar refractivity (Wildman–Crippen MR) is 90.4 cm³/mol. The number of nitrogens with one attached hydrogen (secondary N) is 1. The molecule has 0 aliphatic carbocycles. The van der Waals surface area contributed by atoms with Gasteiger partial charge in [-0.05, 0) is 18.2 Å². The zero-order chi connectivity index (χ0) is 17.9. The molecule has 7 nitrogen and oxygen atoms in total. The van der Waals surface area contributed by atoms with E-state index in [1.807, 2.05) is 18.2 Å². The molecule has 25 heavy (non-hydrogen) atoms. The van der Waals surface area contributed by atoms with Gasteiger partial charge in [-0.15, -0.1) is 0 Å². The van der Waals surface area contributed by atoms with E-state index in [0.29, 0.717) is 17.3 Å². The van der Waals surface area contributed by atoms with E-state index in [1.54, 1.807) is 31.2 Å². The van der Waals surface area contributed by atoms with Crippen molar-refractivity contribution in [3.8, 4) is 5.75 Å². The molecule has 1 amide bonds. The minimum atomic E-state index is -1.53. The molecule has 3 rings (SSSR count). The van der Waals surface area contributed by atoms with Crippen LogP contribution in [0.1, 0.15) is 24.6 Å². The Labute approximate surface area is 145 Å². The lowest BCUT2D eigenvalue weighted by Crippen LogP contribution is -2.55. The molecular formula is C18H19N3O4. The minimum absolute atomic E-state index is 0.00380. The second-order valence-corrected chi connectivity index (χ2v) is 5.75. The van der Waals surface area contributed by atoms with Gasteiger partial charge in [0.1, 0.15) is 11.6 Å². The summed E-state index contributed by atoms with van der Waals surface area (Å²) in [7, 11) is 0. The van der Waals surface area contributed by atoms with Crippen LogP contribution in [0, 0.1) is 0 Å². The Bertz CT molecular complexity index is 781. The van der Waals surface area contributed by atoms with Gasteiger partial charge in [0.15, 0.2) is 0 Å². The van der Waals surface area contributed by atoms with Crippen LogP contribution in [0.15, 0.2) is 42.5 Å². The summed E-state index contributed by atoms with van der Waals surface area (Å²) >= 11 is 0. The first kappa shape index (κ1) is 16.8. The average Bonchev–Trinajstić information content (AvgIpc) is 2.91. The van der Waals surface area contributed by atoms with Crippen molar-refractivity contribution in [1.29, 1.82) is 0 Å². The van der Waals surface area contributed by atoms with Crippen LogP contribution in [-0.4, -0.2) is 22.8 Å². The smallest absolute Gasteiger partial charge is 0.344 e. The maximum absolute atomic E-state index is 12.4. The standard InChI is InChI=1S/C18H19N3O4/c1-2-17(23)25-18(11-12-6-3-4-8-14(12)24-18)21-16(22)10-13-7-5-9-15(19)20-13/h3-9H,2,10-11H2,1H3,(H2,19,20)(H,21,22). The SMILES string of the molecule is CCC(=O)OC1(NC(=O)Cc2cccc(N)n2)Cc2ccccc2O1. The number of nitrogen functional groups attached to an aromatic ring is 1. The first-order valence-electron chi connectivity index (χ1n) is 8.01. The Morgan fingerprint density at radius 2 is 2.08 bits per heavy atom. The molecule has 1 aromatic heterocycles. The Morgan fingerprint density at radius 3 is 2.80 bits per heavy atom. The number of nitrogens with zero attached hydrogens (tertiary/aromatic N) is 1.